The topological polar surface area (TPSA) is 46.5 Å². The summed E-state index contributed by atoms with van der Waals surface area (Å²) in [6, 6.07) is 9.37. The molecule has 1 unspecified atom stereocenters. The van der Waals surface area contributed by atoms with Crippen LogP contribution in [0.25, 0.3) is 0 Å². The average Bonchev–Trinajstić information content (AvgIpc) is 3.30. The number of hydrogen-bond acceptors (Lipinski definition) is 3. The fourth-order valence-electron chi connectivity index (χ4n) is 10.2. The van der Waals surface area contributed by atoms with Crippen LogP contribution in [-0.2, 0) is 4.74 Å². The summed E-state index contributed by atoms with van der Waals surface area (Å²) >= 11 is 0. The number of hydrogen-bond donors (Lipinski definition) is 1. The summed E-state index contributed by atoms with van der Waals surface area (Å²) < 4.78 is 5.71. The van der Waals surface area contributed by atoms with Gasteiger partial charge in [-0.25, -0.2) is 4.79 Å². The van der Waals surface area contributed by atoms with Crippen LogP contribution in [0.4, 0.5) is 0 Å². The summed E-state index contributed by atoms with van der Waals surface area (Å²) in [4.78, 5) is 12.4. The molecular weight excluding hydrogens is 480 g/mol. The van der Waals surface area contributed by atoms with Crippen molar-refractivity contribution in [3.05, 3.63) is 47.5 Å². The highest BCUT2D eigenvalue weighted by Gasteiger charge is 2.59. The van der Waals surface area contributed by atoms with Gasteiger partial charge in [0.1, 0.15) is 0 Å². The molecule has 4 aliphatic carbocycles. The first-order valence-corrected chi connectivity index (χ1v) is 16.3. The second-order valence-electron chi connectivity index (χ2n) is 14.5. The Labute approximate surface area is 238 Å². The third-order valence-corrected chi connectivity index (χ3v) is 12.6. The molecular formula is C36H54O3. The maximum atomic E-state index is 12.4. The van der Waals surface area contributed by atoms with E-state index >= 15 is 0 Å². The van der Waals surface area contributed by atoms with Gasteiger partial charge in [0.25, 0.3) is 0 Å². The molecule has 0 aromatic heterocycles. The fourth-order valence-corrected chi connectivity index (χ4v) is 10.2. The van der Waals surface area contributed by atoms with Crippen molar-refractivity contribution in [2.24, 2.45) is 52.3 Å². The zero-order valence-corrected chi connectivity index (χ0v) is 25.3. The molecule has 3 heteroatoms. The van der Waals surface area contributed by atoms with Gasteiger partial charge in [-0.2, -0.15) is 0 Å². The molecule has 3 nitrogen and oxygen atoms in total. The number of ether oxygens (including phenoxy) is 1. The summed E-state index contributed by atoms with van der Waals surface area (Å²) in [5, 5.41) is 10.3. The van der Waals surface area contributed by atoms with Crippen molar-refractivity contribution < 1.29 is 14.6 Å². The SMILES string of the molecule is CC[C@H](CC[C@@H](C)[C@H]1CC[C@H]2[C@@H]3CC=C4C[C@@H](O)CC[C@]4(C)[C@H]3CC[C@]12C)C(C)COC(=O)c1ccccc1. The largest absolute Gasteiger partial charge is 0.462 e. The Balaban J connectivity index is 1.17. The van der Waals surface area contributed by atoms with Crippen LogP contribution in [0, 0.1) is 52.3 Å². The Morgan fingerprint density at radius 1 is 1.03 bits per heavy atom. The van der Waals surface area contributed by atoms with Crippen LogP contribution in [0.2, 0.25) is 0 Å². The van der Waals surface area contributed by atoms with E-state index in [0.717, 1.165) is 48.9 Å². The summed E-state index contributed by atoms with van der Waals surface area (Å²) in [6.07, 6.45) is 16.1. The van der Waals surface area contributed by atoms with Crippen LogP contribution in [0.1, 0.15) is 116 Å². The van der Waals surface area contributed by atoms with E-state index in [-0.39, 0.29) is 12.1 Å². The first-order chi connectivity index (χ1) is 18.7. The molecule has 0 saturated heterocycles. The van der Waals surface area contributed by atoms with Gasteiger partial charge in [0, 0.05) is 0 Å². The Hall–Kier alpha value is -1.61. The normalized spacial score (nSPS) is 38.0. The molecule has 39 heavy (non-hydrogen) atoms. The lowest BCUT2D eigenvalue weighted by molar-refractivity contribution is -0.0576. The number of aliphatic hydroxyl groups excluding tert-OH is 1. The highest BCUT2D eigenvalue weighted by Crippen LogP contribution is 2.67. The number of carbonyl (C=O) groups is 1. The molecule has 216 valence electrons. The van der Waals surface area contributed by atoms with Gasteiger partial charge in [-0.1, -0.05) is 77.3 Å². The molecule has 5 rings (SSSR count). The fraction of sp³-hybridized carbons (Fsp3) is 0.750. The van der Waals surface area contributed by atoms with E-state index in [1.165, 1.54) is 51.4 Å². The molecule has 0 bridgehead atoms. The number of aliphatic hydroxyl groups is 1. The van der Waals surface area contributed by atoms with Crippen LogP contribution < -0.4 is 0 Å². The van der Waals surface area contributed by atoms with Gasteiger partial charge in [-0.15, -0.1) is 0 Å². The van der Waals surface area contributed by atoms with Crippen molar-refractivity contribution in [1.82, 2.24) is 0 Å². The lowest BCUT2D eigenvalue weighted by atomic mass is 9.47. The van der Waals surface area contributed by atoms with E-state index in [0.29, 0.717) is 34.8 Å². The minimum Gasteiger partial charge on any atom is -0.462 e. The zero-order valence-electron chi connectivity index (χ0n) is 25.3. The highest BCUT2D eigenvalue weighted by molar-refractivity contribution is 5.89. The molecule has 3 saturated carbocycles. The van der Waals surface area contributed by atoms with Crippen LogP contribution >= 0.6 is 0 Å². The van der Waals surface area contributed by atoms with Gasteiger partial charge in [-0.05, 0) is 122 Å². The standard InChI is InChI=1S/C36H54O3/c1-6-26(25(3)23-39-34(38)27-10-8-7-9-11-27)13-12-24(2)31-16-17-32-30-15-14-28-22-29(37)18-20-35(28,4)33(30)19-21-36(31,32)5/h7-11,14,24-26,29-33,37H,6,12-13,15-23H2,1-5H3/t24-,25?,26-,29+,30+,31-,32+,33+,35+,36-/m1/s1. The monoisotopic (exact) mass is 534 g/mol. The van der Waals surface area contributed by atoms with E-state index in [1.54, 1.807) is 5.57 Å². The predicted molar refractivity (Wildman–Crippen MR) is 159 cm³/mol. The molecule has 1 aromatic rings. The van der Waals surface area contributed by atoms with E-state index in [4.69, 9.17) is 4.74 Å². The molecule has 10 atom stereocenters. The third-order valence-electron chi connectivity index (χ3n) is 12.6. The Morgan fingerprint density at radius 3 is 2.54 bits per heavy atom. The molecule has 0 spiro atoms. The van der Waals surface area contributed by atoms with Gasteiger partial charge >= 0.3 is 5.97 Å². The lowest BCUT2D eigenvalue weighted by Crippen LogP contribution is -2.50. The van der Waals surface area contributed by atoms with Gasteiger partial charge in [0.15, 0.2) is 0 Å². The van der Waals surface area contributed by atoms with Crippen LogP contribution in [0.15, 0.2) is 42.0 Å². The summed E-state index contributed by atoms with van der Waals surface area (Å²) in [5.41, 5.74) is 3.05. The van der Waals surface area contributed by atoms with E-state index in [9.17, 15) is 9.90 Å². The zero-order chi connectivity index (χ0) is 27.8. The second-order valence-corrected chi connectivity index (χ2v) is 14.5. The van der Waals surface area contributed by atoms with Gasteiger partial charge in [-0.3, -0.25) is 0 Å². The number of carbonyl (C=O) groups excluding carboxylic acids is 1. The smallest absolute Gasteiger partial charge is 0.338 e. The number of fused-ring (bicyclic) bond motifs is 5. The Kier molecular flexibility index (Phi) is 8.68. The minimum atomic E-state index is -0.200. The molecule has 1 N–H and O–H groups in total. The number of esters is 1. The maximum Gasteiger partial charge on any atom is 0.338 e. The van der Waals surface area contributed by atoms with E-state index in [2.05, 4.69) is 40.7 Å². The van der Waals surface area contributed by atoms with Gasteiger partial charge < -0.3 is 9.84 Å². The van der Waals surface area contributed by atoms with Crippen LogP contribution in [-0.4, -0.2) is 23.8 Å². The summed E-state index contributed by atoms with van der Waals surface area (Å²) in [6.45, 7) is 12.8. The van der Waals surface area contributed by atoms with Crippen molar-refractivity contribution in [1.29, 1.82) is 0 Å². The first-order valence-electron chi connectivity index (χ1n) is 16.3. The average molecular weight is 535 g/mol. The van der Waals surface area contributed by atoms with Crippen LogP contribution in [0.3, 0.4) is 0 Å². The van der Waals surface area contributed by atoms with Crippen molar-refractivity contribution in [3.8, 4) is 0 Å². The predicted octanol–water partition coefficient (Wildman–Crippen LogP) is 8.86. The van der Waals surface area contributed by atoms with Crippen LogP contribution in [0.5, 0.6) is 0 Å². The minimum absolute atomic E-state index is 0.114. The van der Waals surface area contributed by atoms with Crippen molar-refractivity contribution in [3.63, 3.8) is 0 Å². The maximum absolute atomic E-state index is 12.4. The third kappa shape index (κ3) is 5.51. The number of allylic oxidation sites excluding steroid dienone is 1. The molecule has 3 fully saturated rings. The molecule has 1 aromatic carbocycles. The molecule has 0 heterocycles. The van der Waals surface area contributed by atoms with Crippen molar-refractivity contribution >= 4 is 5.97 Å². The van der Waals surface area contributed by atoms with E-state index in [1.807, 2.05) is 30.3 Å². The highest BCUT2D eigenvalue weighted by atomic mass is 16.5. The molecule has 0 aliphatic heterocycles. The molecule has 0 amide bonds. The number of rotatable bonds is 9. The quantitative estimate of drug-likeness (QED) is 0.254. The molecule has 0 radical (unpaired) electrons. The molecule has 4 aliphatic rings. The van der Waals surface area contributed by atoms with E-state index < -0.39 is 0 Å². The Bertz CT molecular complexity index is 1020. The number of benzene rings is 1. The van der Waals surface area contributed by atoms with Gasteiger partial charge in [0.05, 0.1) is 18.3 Å². The lowest BCUT2D eigenvalue weighted by Gasteiger charge is -2.58. The summed E-state index contributed by atoms with van der Waals surface area (Å²) in [7, 11) is 0. The van der Waals surface area contributed by atoms with Crippen molar-refractivity contribution in [2.45, 2.75) is 111 Å². The second kappa shape index (κ2) is 11.7. The summed E-state index contributed by atoms with van der Waals surface area (Å²) in [5.74, 6) is 4.89. The van der Waals surface area contributed by atoms with Gasteiger partial charge in [0.2, 0.25) is 0 Å². The van der Waals surface area contributed by atoms with Crippen molar-refractivity contribution in [2.75, 3.05) is 6.61 Å². The Morgan fingerprint density at radius 2 is 1.79 bits per heavy atom. The first kappa shape index (κ1) is 28.9.